The Labute approximate surface area is 120 Å². The molecule has 0 atom stereocenters. The molecule has 1 saturated carbocycles. The first-order valence-corrected chi connectivity index (χ1v) is 7.24. The summed E-state index contributed by atoms with van der Waals surface area (Å²) in [6.45, 7) is 2.28. The molecule has 1 amide bonds. The van der Waals surface area contributed by atoms with E-state index in [0.29, 0.717) is 23.0 Å². The van der Waals surface area contributed by atoms with Crippen molar-refractivity contribution in [2.75, 3.05) is 19.9 Å². The van der Waals surface area contributed by atoms with Gasteiger partial charge in [0.15, 0.2) is 0 Å². The molecule has 1 aromatic rings. The van der Waals surface area contributed by atoms with Gasteiger partial charge in [-0.2, -0.15) is 0 Å². The number of nitrogen functional groups attached to an aromatic ring is 1. The molecule has 110 valence electrons. The number of methoxy groups -OCH3 is 1. The maximum atomic E-state index is 12.6. The van der Waals surface area contributed by atoms with E-state index in [1.54, 1.807) is 25.3 Å². The summed E-state index contributed by atoms with van der Waals surface area (Å²) in [4.78, 5) is 14.4. The number of nitrogens with zero attached hydrogens (tertiary/aromatic N) is 1. The van der Waals surface area contributed by atoms with Crippen LogP contribution in [0.4, 0.5) is 5.69 Å². The van der Waals surface area contributed by atoms with Gasteiger partial charge in [0.05, 0.1) is 18.4 Å². The molecule has 1 aromatic carbocycles. The minimum atomic E-state index is -0.0130. The summed E-state index contributed by atoms with van der Waals surface area (Å²) in [5.74, 6) is 1.32. The first kappa shape index (κ1) is 14.7. The van der Waals surface area contributed by atoms with E-state index in [9.17, 15) is 4.79 Å². The van der Waals surface area contributed by atoms with Gasteiger partial charge >= 0.3 is 0 Å². The van der Waals surface area contributed by atoms with Crippen LogP contribution >= 0.6 is 0 Å². The van der Waals surface area contributed by atoms with E-state index in [4.69, 9.17) is 10.5 Å². The summed E-state index contributed by atoms with van der Waals surface area (Å²) in [6, 6.07) is 5.67. The van der Waals surface area contributed by atoms with Crippen LogP contribution in [0.2, 0.25) is 0 Å². The number of anilines is 1. The Morgan fingerprint density at radius 2 is 1.95 bits per heavy atom. The predicted molar refractivity (Wildman–Crippen MR) is 80.9 cm³/mol. The Bertz CT molecular complexity index is 479. The van der Waals surface area contributed by atoms with Crippen molar-refractivity contribution in [1.82, 2.24) is 4.90 Å². The summed E-state index contributed by atoms with van der Waals surface area (Å²) in [5.41, 5.74) is 6.97. The minimum absolute atomic E-state index is 0.0130. The SMILES string of the molecule is COc1cccc(C(=O)N(C)C2CCC(C)CC2)c1N. The van der Waals surface area contributed by atoms with E-state index < -0.39 is 0 Å². The molecule has 0 spiro atoms. The molecule has 0 heterocycles. The van der Waals surface area contributed by atoms with Crippen LogP contribution in [0.1, 0.15) is 43.0 Å². The number of hydrogen-bond acceptors (Lipinski definition) is 3. The summed E-state index contributed by atoms with van der Waals surface area (Å²) in [7, 11) is 3.44. The second-order valence-corrected chi connectivity index (χ2v) is 5.75. The summed E-state index contributed by atoms with van der Waals surface area (Å²) < 4.78 is 5.18. The third kappa shape index (κ3) is 2.89. The quantitative estimate of drug-likeness (QED) is 0.864. The zero-order valence-corrected chi connectivity index (χ0v) is 12.6. The highest BCUT2D eigenvalue weighted by atomic mass is 16.5. The standard InChI is InChI=1S/C16H24N2O2/c1-11-7-9-12(10-8-11)18(2)16(19)13-5-4-6-14(20-3)15(13)17/h4-6,11-12H,7-10,17H2,1-3H3. The molecular weight excluding hydrogens is 252 g/mol. The molecule has 2 N–H and O–H groups in total. The molecule has 0 unspecified atom stereocenters. The fraction of sp³-hybridized carbons (Fsp3) is 0.562. The van der Waals surface area contributed by atoms with Gasteiger partial charge < -0.3 is 15.4 Å². The molecular formula is C16H24N2O2. The Balaban J connectivity index is 2.14. The number of carbonyl (C=O) groups excluding carboxylic acids is 1. The molecule has 20 heavy (non-hydrogen) atoms. The number of amides is 1. The molecule has 2 rings (SSSR count). The van der Waals surface area contributed by atoms with Crippen molar-refractivity contribution in [3.63, 3.8) is 0 Å². The number of carbonyl (C=O) groups is 1. The van der Waals surface area contributed by atoms with Crippen LogP contribution in [-0.4, -0.2) is 31.0 Å². The highest BCUT2D eigenvalue weighted by Gasteiger charge is 2.26. The van der Waals surface area contributed by atoms with E-state index in [0.717, 1.165) is 18.8 Å². The average molecular weight is 276 g/mol. The van der Waals surface area contributed by atoms with Gasteiger partial charge in [-0.05, 0) is 43.7 Å². The largest absolute Gasteiger partial charge is 0.495 e. The fourth-order valence-corrected chi connectivity index (χ4v) is 2.89. The number of hydrogen-bond donors (Lipinski definition) is 1. The Morgan fingerprint density at radius 3 is 2.55 bits per heavy atom. The van der Waals surface area contributed by atoms with E-state index in [-0.39, 0.29) is 5.91 Å². The van der Waals surface area contributed by atoms with Gasteiger partial charge in [0.1, 0.15) is 5.75 Å². The Kier molecular flexibility index (Phi) is 4.53. The topological polar surface area (TPSA) is 55.6 Å². The minimum Gasteiger partial charge on any atom is -0.495 e. The maximum Gasteiger partial charge on any atom is 0.256 e. The lowest BCUT2D eigenvalue weighted by atomic mass is 9.86. The lowest BCUT2D eigenvalue weighted by Gasteiger charge is -2.33. The monoisotopic (exact) mass is 276 g/mol. The van der Waals surface area contributed by atoms with Crippen LogP contribution in [0.5, 0.6) is 5.75 Å². The Hall–Kier alpha value is -1.71. The van der Waals surface area contributed by atoms with Gasteiger partial charge in [-0.1, -0.05) is 13.0 Å². The van der Waals surface area contributed by atoms with Crippen LogP contribution in [0.25, 0.3) is 0 Å². The summed E-state index contributed by atoms with van der Waals surface area (Å²) in [5, 5.41) is 0. The molecule has 1 aliphatic rings. The van der Waals surface area contributed by atoms with E-state index in [1.807, 2.05) is 11.9 Å². The molecule has 0 aliphatic heterocycles. The number of para-hydroxylation sites is 1. The van der Waals surface area contributed by atoms with Crippen molar-refractivity contribution in [3.05, 3.63) is 23.8 Å². The summed E-state index contributed by atoms with van der Waals surface area (Å²) >= 11 is 0. The first-order valence-electron chi connectivity index (χ1n) is 7.24. The van der Waals surface area contributed by atoms with Crippen LogP contribution < -0.4 is 10.5 Å². The van der Waals surface area contributed by atoms with Gasteiger partial charge in [-0.15, -0.1) is 0 Å². The lowest BCUT2D eigenvalue weighted by Crippen LogP contribution is -2.39. The number of benzene rings is 1. The molecule has 0 saturated heterocycles. The van der Waals surface area contributed by atoms with Gasteiger partial charge in [-0.25, -0.2) is 0 Å². The van der Waals surface area contributed by atoms with Crippen LogP contribution in [0, 0.1) is 5.92 Å². The van der Waals surface area contributed by atoms with Crippen molar-refractivity contribution in [1.29, 1.82) is 0 Å². The molecule has 4 nitrogen and oxygen atoms in total. The smallest absolute Gasteiger partial charge is 0.256 e. The first-order chi connectivity index (χ1) is 9.54. The molecule has 1 fully saturated rings. The van der Waals surface area contributed by atoms with Crippen LogP contribution in [-0.2, 0) is 0 Å². The zero-order chi connectivity index (χ0) is 14.7. The molecule has 1 aliphatic carbocycles. The molecule has 4 heteroatoms. The molecule has 0 aromatic heterocycles. The average Bonchev–Trinajstić information content (AvgIpc) is 2.47. The third-order valence-electron chi connectivity index (χ3n) is 4.37. The maximum absolute atomic E-state index is 12.6. The predicted octanol–water partition coefficient (Wildman–Crippen LogP) is 2.93. The summed E-state index contributed by atoms with van der Waals surface area (Å²) in [6.07, 6.45) is 4.53. The second-order valence-electron chi connectivity index (χ2n) is 5.75. The number of nitrogens with two attached hydrogens (primary N) is 1. The lowest BCUT2D eigenvalue weighted by molar-refractivity contribution is 0.0680. The van der Waals surface area contributed by atoms with Gasteiger partial charge in [-0.3, -0.25) is 4.79 Å². The van der Waals surface area contributed by atoms with Crippen molar-refractivity contribution < 1.29 is 9.53 Å². The van der Waals surface area contributed by atoms with E-state index in [2.05, 4.69) is 6.92 Å². The number of rotatable bonds is 3. The fourth-order valence-electron chi connectivity index (χ4n) is 2.89. The van der Waals surface area contributed by atoms with Crippen molar-refractivity contribution in [3.8, 4) is 5.75 Å². The zero-order valence-electron chi connectivity index (χ0n) is 12.6. The van der Waals surface area contributed by atoms with E-state index in [1.165, 1.54) is 12.8 Å². The third-order valence-corrected chi connectivity index (χ3v) is 4.37. The van der Waals surface area contributed by atoms with Crippen LogP contribution in [0.15, 0.2) is 18.2 Å². The van der Waals surface area contributed by atoms with Gasteiger partial charge in [0.25, 0.3) is 5.91 Å². The number of ether oxygens (including phenoxy) is 1. The molecule has 0 bridgehead atoms. The normalized spacial score (nSPS) is 22.4. The van der Waals surface area contributed by atoms with Crippen molar-refractivity contribution in [2.45, 2.75) is 38.6 Å². The Morgan fingerprint density at radius 1 is 1.30 bits per heavy atom. The van der Waals surface area contributed by atoms with Crippen LogP contribution in [0.3, 0.4) is 0 Å². The van der Waals surface area contributed by atoms with Crippen molar-refractivity contribution in [2.24, 2.45) is 5.92 Å². The molecule has 0 radical (unpaired) electrons. The van der Waals surface area contributed by atoms with Gasteiger partial charge in [0, 0.05) is 13.1 Å². The van der Waals surface area contributed by atoms with Crippen molar-refractivity contribution >= 4 is 11.6 Å². The highest BCUT2D eigenvalue weighted by molar-refractivity contribution is 6.00. The highest BCUT2D eigenvalue weighted by Crippen LogP contribution is 2.30. The second kappa shape index (κ2) is 6.16. The van der Waals surface area contributed by atoms with E-state index >= 15 is 0 Å². The van der Waals surface area contributed by atoms with Gasteiger partial charge in [0.2, 0.25) is 0 Å².